The van der Waals surface area contributed by atoms with E-state index in [1.54, 1.807) is 10.7 Å². The average molecular weight is 595 g/mol. The SMILES string of the molecule is CC(C)n1nccc1C(=O)N[C@H](C(=O)Nc1ccc([C@H](C)C(=O)N(CCN)CC(F)(F)F)cc1F)C(C1CC1)C1CC1. The van der Waals surface area contributed by atoms with Crippen molar-refractivity contribution in [2.45, 2.75) is 70.6 Å². The number of rotatable bonds is 13. The van der Waals surface area contributed by atoms with Crippen molar-refractivity contribution in [1.29, 1.82) is 0 Å². The molecular formula is C29H38F4N6O3. The summed E-state index contributed by atoms with van der Waals surface area (Å²) in [7, 11) is 0. The Balaban J connectivity index is 1.52. The van der Waals surface area contributed by atoms with Crippen LogP contribution < -0.4 is 16.4 Å². The first kappa shape index (κ1) is 31.5. The smallest absolute Gasteiger partial charge is 0.339 e. The first-order chi connectivity index (χ1) is 19.8. The number of hydrogen-bond acceptors (Lipinski definition) is 5. The van der Waals surface area contributed by atoms with Crippen LogP contribution in [0.15, 0.2) is 30.5 Å². The molecule has 1 heterocycles. The lowest BCUT2D eigenvalue weighted by Gasteiger charge is -2.28. The van der Waals surface area contributed by atoms with Gasteiger partial charge in [0.1, 0.15) is 24.1 Å². The number of amides is 3. The molecule has 1 aromatic carbocycles. The standard InChI is InChI=1S/C29H38F4N6O3/c1-16(2)39-23(10-12-35-39)26(40)37-25(24(18-4-5-18)19-6-7-19)27(41)36-22-9-8-20(14-21(22)30)17(3)28(42)38(13-11-34)15-29(31,32)33/h8-10,12,14,16-19,24-25H,4-7,11,13,15,34H2,1-3H3,(H,36,41)(H,37,40)/t17-,25-/m0/s1. The molecule has 0 aliphatic heterocycles. The van der Waals surface area contributed by atoms with E-state index in [0.29, 0.717) is 10.6 Å². The maximum absolute atomic E-state index is 15.2. The quantitative estimate of drug-likeness (QED) is 0.300. The Labute approximate surface area is 242 Å². The second kappa shape index (κ2) is 12.8. The maximum Gasteiger partial charge on any atom is 0.406 e. The van der Waals surface area contributed by atoms with E-state index in [0.717, 1.165) is 31.7 Å². The van der Waals surface area contributed by atoms with Gasteiger partial charge in [-0.25, -0.2) is 4.39 Å². The summed E-state index contributed by atoms with van der Waals surface area (Å²) in [5.41, 5.74) is 5.70. The van der Waals surface area contributed by atoms with Crippen molar-refractivity contribution in [3.05, 3.63) is 47.5 Å². The van der Waals surface area contributed by atoms with E-state index in [-0.39, 0.29) is 48.1 Å². The summed E-state index contributed by atoms with van der Waals surface area (Å²) in [5, 5.41) is 9.70. The Bertz CT molecular complexity index is 1280. The lowest BCUT2D eigenvalue weighted by atomic mass is 9.88. The number of nitrogens with one attached hydrogen (secondary N) is 2. The van der Waals surface area contributed by atoms with E-state index in [4.69, 9.17) is 5.73 Å². The minimum Gasteiger partial charge on any atom is -0.339 e. The van der Waals surface area contributed by atoms with Gasteiger partial charge in [0.2, 0.25) is 11.8 Å². The van der Waals surface area contributed by atoms with E-state index in [1.807, 2.05) is 13.8 Å². The summed E-state index contributed by atoms with van der Waals surface area (Å²) in [6.45, 7) is 3.24. The average Bonchev–Trinajstić information content (AvgIpc) is 3.86. The number of anilines is 1. The molecule has 4 rings (SSSR count). The van der Waals surface area contributed by atoms with Crippen molar-refractivity contribution < 1.29 is 31.9 Å². The molecule has 0 spiro atoms. The third-order valence-corrected chi connectivity index (χ3v) is 7.88. The highest BCUT2D eigenvalue weighted by Crippen LogP contribution is 2.51. The number of halogens is 4. The summed E-state index contributed by atoms with van der Waals surface area (Å²) < 4.78 is 55.7. The van der Waals surface area contributed by atoms with Crippen molar-refractivity contribution in [2.75, 3.05) is 25.0 Å². The Morgan fingerprint density at radius 3 is 2.26 bits per heavy atom. The van der Waals surface area contributed by atoms with Gasteiger partial charge in [0.05, 0.1) is 11.6 Å². The van der Waals surface area contributed by atoms with Gasteiger partial charge in [-0.3, -0.25) is 19.1 Å². The van der Waals surface area contributed by atoms with Gasteiger partial charge in [-0.15, -0.1) is 0 Å². The molecule has 42 heavy (non-hydrogen) atoms. The number of aromatic nitrogens is 2. The maximum atomic E-state index is 15.2. The van der Waals surface area contributed by atoms with Crippen LogP contribution in [0, 0.1) is 23.6 Å². The van der Waals surface area contributed by atoms with Gasteiger partial charge in [-0.1, -0.05) is 6.07 Å². The van der Waals surface area contributed by atoms with Crippen LogP contribution in [0.3, 0.4) is 0 Å². The van der Waals surface area contributed by atoms with Crippen molar-refractivity contribution in [3.63, 3.8) is 0 Å². The Hall–Kier alpha value is -3.48. The molecule has 3 amide bonds. The first-order valence-corrected chi connectivity index (χ1v) is 14.3. The number of nitrogens with zero attached hydrogens (tertiary/aromatic N) is 3. The predicted octanol–water partition coefficient (Wildman–Crippen LogP) is 4.23. The third-order valence-electron chi connectivity index (χ3n) is 7.88. The molecule has 2 aromatic rings. The minimum atomic E-state index is -4.61. The molecule has 2 aliphatic rings. The van der Waals surface area contributed by atoms with Gasteiger partial charge in [-0.05, 0) is 88.0 Å². The summed E-state index contributed by atoms with van der Waals surface area (Å²) in [5.74, 6) is -3.29. The lowest BCUT2D eigenvalue weighted by Crippen LogP contribution is -2.50. The molecule has 230 valence electrons. The zero-order chi connectivity index (χ0) is 30.8. The highest BCUT2D eigenvalue weighted by molar-refractivity contribution is 6.01. The summed E-state index contributed by atoms with van der Waals surface area (Å²) in [4.78, 5) is 40.3. The Kier molecular flexibility index (Phi) is 9.59. The number of benzene rings is 1. The lowest BCUT2D eigenvalue weighted by molar-refractivity contribution is -0.161. The van der Waals surface area contributed by atoms with Gasteiger partial charge in [-0.2, -0.15) is 18.3 Å². The highest BCUT2D eigenvalue weighted by Gasteiger charge is 2.48. The van der Waals surface area contributed by atoms with Crippen LogP contribution in [0.4, 0.5) is 23.2 Å². The molecule has 2 atom stereocenters. The van der Waals surface area contributed by atoms with Crippen molar-refractivity contribution >= 4 is 23.4 Å². The summed E-state index contributed by atoms with van der Waals surface area (Å²) in [6, 6.07) is 4.30. The van der Waals surface area contributed by atoms with Crippen LogP contribution in [-0.2, 0) is 9.59 Å². The van der Waals surface area contributed by atoms with Crippen LogP contribution in [0.2, 0.25) is 0 Å². The highest BCUT2D eigenvalue weighted by atomic mass is 19.4. The van der Waals surface area contributed by atoms with E-state index in [9.17, 15) is 27.6 Å². The van der Waals surface area contributed by atoms with Gasteiger partial charge < -0.3 is 21.3 Å². The fraction of sp³-hybridized carbons (Fsp3) is 0.586. The molecule has 0 unspecified atom stereocenters. The largest absolute Gasteiger partial charge is 0.406 e. The van der Waals surface area contributed by atoms with Crippen molar-refractivity contribution in [2.24, 2.45) is 23.5 Å². The second-order valence-electron chi connectivity index (χ2n) is 11.6. The molecule has 0 bridgehead atoms. The summed E-state index contributed by atoms with van der Waals surface area (Å²) in [6.07, 6.45) is 0.725. The first-order valence-electron chi connectivity index (χ1n) is 14.3. The van der Waals surface area contributed by atoms with Gasteiger partial charge in [0.25, 0.3) is 5.91 Å². The molecular weight excluding hydrogens is 556 g/mol. The molecule has 0 saturated heterocycles. The fourth-order valence-electron chi connectivity index (χ4n) is 5.52. The van der Waals surface area contributed by atoms with Gasteiger partial charge in [0, 0.05) is 25.3 Å². The molecule has 1 aromatic heterocycles. The van der Waals surface area contributed by atoms with E-state index in [2.05, 4.69) is 15.7 Å². The van der Waals surface area contributed by atoms with Gasteiger partial charge in [0.15, 0.2) is 0 Å². The third kappa shape index (κ3) is 7.67. The molecule has 2 saturated carbocycles. The van der Waals surface area contributed by atoms with E-state index >= 15 is 4.39 Å². The fourth-order valence-corrected chi connectivity index (χ4v) is 5.52. The molecule has 2 aliphatic carbocycles. The van der Waals surface area contributed by atoms with Gasteiger partial charge >= 0.3 is 6.18 Å². The Morgan fingerprint density at radius 2 is 1.74 bits per heavy atom. The summed E-state index contributed by atoms with van der Waals surface area (Å²) >= 11 is 0. The van der Waals surface area contributed by atoms with Crippen LogP contribution in [-0.4, -0.2) is 64.3 Å². The van der Waals surface area contributed by atoms with Crippen molar-refractivity contribution in [3.8, 4) is 0 Å². The zero-order valence-corrected chi connectivity index (χ0v) is 24.0. The number of nitrogens with two attached hydrogens (primary N) is 1. The van der Waals surface area contributed by atoms with E-state index in [1.165, 1.54) is 25.3 Å². The predicted molar refractivity (Wildman–Crippen MR) is 148 cm³/mol. The van der Waals surface area contributed by atoms with E-state index < -0.39 is 48.2 Å². The number of carbonyl (C=O) groups excluding carboxylic acids is 3. The van der Waals surface area contributed by atoms with Crippen LogP contribution in [0.25, 0.3) is 0 Å². The van der Waals surface area contributed by atoms with Crippen LogP contribution in [0.1, 0.15) is 74.5 Å². The molecule has 4 N–H and O–H groups in total. The second-order valence-corrected chi connectivity index (χ2v) is 11.6. The zero-order valence-electron chi connectivity index (χ0n) is 24.0. The number of carbonyl (C=O) groups is 3. The normalized spacial score (nSPS) is 16.8. The molecule has 13 heteroatoms. The molecule has 0 radical (unpaired) electrons. The van der Waals surface area contributed by atoms with Crippen molar-refractivity contribution in [1.82, 2.24) is 20.0 Å². The number of hydrogen-bond donors (Lipinski definition) is 3. The Morgan fingerprint density at radius 1 is 1.10 bits per heavy atom. The number of alkyl halides is 3. The minimum absolute atomic E-state index is 0.0755. The molecule has 9 nitrogen and oxygen atoms in total. The van der Waals surface area contributed by atoms with Crippen LogP contribution in [0.5, 0.6) is 0 Å². The van der Waals surface area contributed by atoms with Crippen LogP contribution >= 0.6 is 0 Å². The molecule has 2 fully saturated rings. The topological polar surface area (TPSA) is 122 Å². The monoisotopic (exact) mass is 594 g/mol.